The van der Waals surface area contributed by atoms with Crippen LogP contribution in [-0.2, 0) is 0 Å². The summed E-state index contributed by atoms with van der Waals surface area (Å²) in [4.78, 5) is 17.0. The van der Waals surface area contributed by atoms with Crippen LogP contribution in [-0.4, -0.2) is 16.8 Å². The normalized spacial score (nSPS) is 16.9. The van der Waals surface area contributed by atoms with Crippen LogP contribution in [0.2, 0.25) is 0 Å². The molecule has 1 unspecified atom stereocenters. The molecule has 2 N–H and O–H groups in total. The van der Waals surface area contributed by atoms with Crippen molar-refractivity contribution in [3.8, 4) is 0 Å². The molecule has 1 atom stereocenters. The summed E-state index contributed by atoms with van der Waals surface area (Å²) in [6.07, 6.45) is 3.99. The number of benzene rings is 1. The summed E-state index contributed by atoms with van der Waals surface area (Å²) in [5.41, 5.74) is 1.47. The number of fused-ring (bicyclic) bond motifs is 1. The molecule has 1 aliphatic heterocycles. The van der Waals surface area contributed by atoms with Gasteiger partial charge in [-0.05, 0) is 42.3 Å². The molecule has 0 spiro atoms. The number of pyridine rings is 1. The van der Waals surface area contributed by atoms with Gasteiger partial charge in [0, 0.05) is 16.8 Å². The van der Waals surface area contributed by atoms with Crippen molar-refractivity contribution in [2.75, 3.05) is 11.1 Å². The zero-order valence-electron chi connectivity index (χ0n) is 11.2. The van der Waals surface area contributed by atoms with Gasteiger partial charge in [0.05, 0.1) is 17.9 Å². The first kappa shape index (κ1) is 13.9. The van der Waals surface area contributed by atoms with Crippen molar-refractivity contribution in [3.63, 3.8) is 0 Å². The van der Waals surface area contributed by atoms with E-state index < -0.39 is 0 Å². The molecule has 1 aromatic heterocycles. The molecule has 6 heteroatoms. The van der Waals surface area contributed by atoms with Crippen LogP contribution >= 0.6 is 11.8 Å². The number of halogens is 1. The molecule has 21 heavy (non-hydrogen) atoms. The van der Waals surface area contributed by atoms with Gasteiger partial charge >= 0.3 is 6.03 Å². The van der Waals surface area contributed by atoms with E-state index >= 15 is 0 Å². The van der Waals surface area contributed by atoms with Crippen LogP contribution in [0.4, 0.5) is 14.9 Å². The molecule has 2 heterocycles. The van der Waals surface area contributed by atoms with Crippen molar-refractivity contribution >= 4 is 23.5 Å². The van der Waals surface area contributed by atoms with Crippen LogP contribution in [0, 0.1) is 5.82 Å². The Morgan fingerprint density at radius 2 is 2.29 bits per heavy atom. The number of carbonyl (C=O) groups excluding carboxylic acids is 1. The minimum absolute atomic E-state index is 0.173. The number of hydrogen-bond donors (Lipinski definition) is 2. The molecule has 0 saturated heterocycles. The molecule has 2 amide bonds. The van der Waals surface area contributed by atoms with Gasteiger partial charge in [-0.15, -0.1) is 11.8 Å². The van der Waals surface area contributed by atoms with Crippen LogP contribution < -0.4 is 10.6 Å². The fourth-order valence-corrected chi connectivity index (χ4v) is 3.38. The third kappa shape index (κ3) is 3.33. The summed E-state index contributed by atoms with van der Waals surface area (Å²) in [6.45, 7) is 0. The lowest BCUT2D eigenvalue weighted by atomic mass is 10.0. The summed E-state index contributed by atoms with van der Waals surface area (Å²) < 4.78 is 13.4. The van der Waals surface area contributed by atoms with E-state index in [1.54, 1.807) is 42.4 Å². The Balaban J connectivity index is 1.71. The van der Waals surface area contributed by atoms with E-state index in [0.717, 1.165) is 22.6 Å². The lowest BCUT2D eigenvalue weighted by Crippen LogP contribution is -2.34. The molecule has 1 aliphatic rings. The highest BCUT2D eigenvalue weighted by molar-refractivity contribution is 7.99. The van der Waals surface area contributed by atoms with Gasteiger partial charge in [0.15, 0.2) is 0 Å². The van der Waals surface area contributed by atoms with Crippen LogP contribution in [0.15, 0.2) is 47.6 Å². The highest BCUT2D eigenvalue weighted by Gasteiger charge is 2.22. The average molecular weight is 303 g/mol. The molecule has 4 nitrogen and oxygen atoms in total. The maximum absolute atomic E-state index is 13.4. The highest BCUT2D eigenvalue weighted by atomic mass is 32.2. The Kier molecular flexibility index (Phi) is 4.06. The molecular formula is C15H14FN3OS. The maximum Gasteiger partial charge on any atom is 0.319 e. The van der Waals surface area contributed by atoms with Gasteiger partial charge < -0.3 is 10.6 Å². The van der Waals surface area contributed by atoms with Crippen molar-refractivity contribution in [1.82, 2.24) is 10.3 Å². The number of urea groups is 1. The number of rotatable bonds is 2. The summed E-state index contributed by atoms with van der Waals surface area (Å²) in [7, 11) is 0. The van der Waals surface area contributed by atoms with Crippen LogP contribution in [0.3, 0.4) is 0 Å². The lowest BCUT2D eigenvalue weighted by Gasteiger charge is -2.26. The predicted molar refractivity (Wildman–Crippen MR) is 80.9 cm³/mol. The van der Waals surface area contributed by atoms with Crippen molar-refractivity contribution < 1.29 is 9.18 Å². The number of aromatic nitrogens is 1. The molecule has 108 valence electrons. The van der Waals surface area contributed by atoms with Gasteiger partial charge in [0.25, 0.3) is 0 Å². The fourth-order valence-electron chi connectivity index (χ4n) is 2.28. The number of hydrogen-bond acceptors (Lipinski definition) is 3. The maximum atomic E-state index is 13.4. The molecule has 0 bridgehead atoms. The zero-order chi connectivity index (χ0) is 14.7. The molecule has 0 radical (unpaired) electrons. The fraction of sp³-hybridized carbons (Fsp3) is 0.200. The second-order valence-corrected chi connectivity index (χ2v) is 5.85. The van der Waals surface area contributed by atoms with Gasteiger partial charge in [-0.3, -0.25) is 4.98 Å². The number of thioether (sulfide) groups is 1. The average Bonchev–Trinajstić information content (AvgIpc) is 2.49. The van der Waals surface area contributed by atoms with Gasteiger partial charge in [-0.25, -0.2) is 9.18 Å². The first-order valence-corrected chi connectivity index (χ1v) is 7.61. The number of nitrogens with zero attached hydrogens (tertiary/aromatic N) is 1. The largest absolute Gasteiger partial charge is 0.331 e. The van der Waals surface area contributed by atoms with Gasteiger partial charge in [0.2, 0.25) is 0 Å². The molecular weight excluding hydrogens is 289 g/mol. The van der Waals surface area contributed by atoms with Crippen LogP contribution in [0.25, 0.3) is 0 Å². The summed E-state index contributed by atoms with van der Waals surface area (Å²) >= 11 is 1.68. The molecule has 3 rings (SSSR count). The lowest BCUT2D eigenvalue weighted by molar-refractivity contribution is 0.248. The Bertz CT molecular complexity index is 651. The van der Waals surface area contributed by atoms with E-state index in [-0.39, 0.29) is 17.9 Å². The quantitative estimate of drug-likeness (QED) is 0.891. The molecule has 1 aromatic carbocycles. The number of carbonyl (C=O) groups is 1. The van der Waals surface area contributed by atoms with Crippen LogP contribution in [0.1, 0.15) is 18.0 Å². The van der Waals surface area contributed by atoms with Crippen molar-refractivity contribution in [2.45, 2.75) is 17.4 Å². The Hall–Kier alpha value is -2.08. The topological polar surface area (TPSA) is 54.0 Å². The molecule has 0 saturated carbocycles. The summed E-state index contributed by atoms with van der Waals surface area (Å²) in [5.74, 6) is 0.618. The van der Waals surface area contributed by atoms with Gasteiger partial charge in [-0.2, -0.15) is 0 Å². The van der Waals surface area contributed by atoms with E-state index in [9.17, 15) is 9.18 Å². The zero-order valence-corrected chi connectivity index (χ0v) is 12.0. The van der Waals surface area contributed by atoms with E-state index in [4.69, 9.17) is 0 Å². The first-order valence-electron chi connectivity index (χ1n) is 6.62. The Labute approximate surface area is 126 Å². The van der Waals surface area contributed by atoms with E-state index in [2.05, 4.69) is 15.6 Å². The minimum atomic E-state index is -0.310. The van der Waals surface area contributed by atoms with E-state index in [1.165, 1.54) is 12.1 Å². The van der Waals surface area contributed by atoms with Crippen molar-refractivity contribution in [3.05, 3.63) is 54.1 Å². The van der Waals surface area contributed by atoms with Crippen LogP contribution in [0.5, 0.6) is 0 Å². The smallest absolute Gasteiger partial charge is 0.319 e. The standard InChI is InChI=1S/C15H14FN3OS/c16-10-3-4-14-12(8-10)13(5-7-21-14)19-15(20)18-11-2-1-6-17-9-11/h1-4,6,8-9,13H,5,7H2,(H2,18,19,20). The Morgan fingerprint density at radius 3 is 3.10 bits per heavy atom. The van der Waals surface area contributed by atoms with Crippen molar-refractivity contribution in [2.24, 2.45) is 0 Å². The summed E-state index contributed by atoms with van der Waals surface area (Å²) in [6, 6.07) is 7.74. The summed E-state index contributed by atoms with van der Waals surface area (Å²) in [5, 5.41) is 5.61. The van der Waals surface area contributed by atoms with E-state index in [1.807, 2.05) is 0 Å². The monoisotopic (exact) mass is 303 g/mol. The van der Waals surface area contributed by atoms with Gasteiger partial charge in [0.1, 0.15) is 5.82 Å². The van der Waals surface area contributed by atoms with E-state index in [0.29, 0.717) is 5.69 Å². The number of amides is 2. The second-order valence-electron chi connectivity index (χ2n) is 4.71. The van der Waals surface area contributed by atoms with Crippen molar-refractivity contribution in [1.29, 1.82) is 0 Å². The third-order valence-electron chi connectivity index (χ3n) is 3.24. The number of anilines is 1. The SMILES string of the molecule is O=C(Nc1cccnc1)NC1CCSc2ccc(F)cc21. The van der Waals surface area contributed by atoms with Gasteiger partial charge in [-0.1, -0.05) is 0 Å². The number of nitrogens with one attached hydrogen (secondary N) is 2. The molecule has 0 fully saturated rings. The Morgan fingerprint density at radius 1 is 1.38 bits per heavy atom. The predicted octanol–water partition coefficient (Wildman–Crippen LogP) is 3.58. The second kappa shape index (κ2) is 6.13. The molecule has 0 aliphatic carbocycles. The first-order chi connectivity index (χ1) is 10.2. The molecule has 2 aromatic rings. The third-order valence-corrected chi connectivity index (χ3v) is 4.36. The highest BCUT2D eigenvalue weighted by Crippen LogP contribution is 2.36. The minimum Gasteiger partial charge on any atom is -0.331 e.